The van der Waals surface area contributed by atoms with Crippen molar-refractivity contribution in [2.24, 2.45) is 0 Å². The maximum Gasteiger partial charge on any atom is 0.416 e. The summed E-state index contributed by atoms with van der Waals surface area (Å²) >= 11 is 0. The van der Waals surface area contributed by atoms with Gasteiger partial charge in [0.15, 0.2) is 0 Å². The summed E-state index contributed by atoms with van der Waals surface area (Å²) in [5, 5.41) is 3.88. The summed E-state index contributed by atoms with van der Waals surface area (Å²) in [6.45, 7) is 1.30. The summed E-state index contributed by atoms with van der Waals surface area (Å²) < 4.78 is 54.2. The van der Waals surface area contributed by atoms with Crippen molar-refractivity contribution in [3.63, 3.8) is 0 Å². The molecule has 4 rings (SSSR count). The van der Waals surface area contributed by atoms with Gasteiger partial charge in [0.1, 0.15) is 11.5 Å². The van der Waals surface area contributed by atoms with Crippen molar-refractivity contribution in [1.82, 2.24) is 15.0 Å². The molecule has 29 heavy (non-hydrogen) atoms. The molecule has 4 aromatic rings. The van der Waals surface area contributed by atoms with Gasteiger partial charge in [0, 0.05) is 5.56 Å². The lowest BCUT2D eigenvalue weighted by molar-refractivity contribution is -0.137. The molecule has 0 N–H and O–H groups in total. The van der Waals surface area contributed by atoms with Gasteiger partial charge in [-0.05, 0) is 36.4 Å². The normalized spacial score (nSPS) is 12.0. The highest BCUT2D eigenvalue weighted by molar-refractivity contribution is 5.54. The molecule has 3 aromatic heterocycles. The van der Waals surface area contributed by atoms with E-state index in [0.29, 0.717) is 31.1 Å². The second-order valence-corrected chi connectivity index (χ2v) is 6.39. The Morgan fingerprint density at radius 3 is 1.97 bits per heavy atom. The highest BCUT2D eigenvalue weighted by Crippen LogP contribution is 2.30. The van der Waals surface area contributed by atoms with Crippen molar-refractivity contribution in [3.8, 4) is 11.4 Å². The van der Waals surface area contributed by atoms with Crippen molar-refractivity contribution < 1.29 is 26.5 Å². The van der Waals surface area contributed by atoms with Crippen LogP contribution in [0.2, 0.25) is 0 Å². The van der Waals surface area contributed by atoms with Crippen LogP contribution in [-0.2, 0) is 25.8 Å². The Labute approximate surface area is 163 Å². The first-order valence-corrected chi connectivity index (χ1v) is 8.75. The molecular weight excluding hydrogens is 387 g/mol. The predicted octanol–water partition coefficient (Wildman–Crippen LogP) is 5.14. The molecule has 0 aliphatic heterocycles. The first-order chi connectivity index (χ1) is 14.0. The fourth-order valence-electron chi connectivity index (χ4n) is 2.85. The summed E-state index contributed by atoms with van der Waals surface area (Å²) in [6, 6.07) is 11.9. The zero-order valence-corrected chi connectivity index (χ0v) is 15.1. The molecule has 0 amide bonds. The highest BCUT2D eigenvalue weighted by atomic mass is 19.4. The van der Waals surface area contributed by atoms with Crippen LogP contribution in [0.1, 0.15) is 23.0 Å². The SMILES string of the molecule is FC(F)(F)c1ccc(-c2noc(CN(Cc3ccco3)Cc3ccco3)n2)cc1. The topological polar surface area (TPSA) is 68.4 Å². The second-order valence-electron chi connectivity index (χ2n) is 6.39. The second kappa shape index (κ2) is 7.96. The van der Waals surface area contributed by atoms with Gasteiger partial charge >= 0.3 is 6.18 Å². The molecule has 0 aliphatic rings. The number of nitrogens with zero attached hydrogens (tertiary/aromatic N) is 3. The Morgan fingerprint density at radius 2 is 1.45 bits per heavy atom. The van der Waals surface area contributed by atoms with Crippen LogP contribution in [-0.4, -0.2) is 15.0 Å². The van der Waals surface area contributed by atoms with Gasteiger partial charge < -0.3 is 13.4 Å². The molecule has 6 nitrogen and oxygen atoms in total. The third-order valence-corrected chi connectivity index (χ3v) is 4.22. The van der Waals surface area contributed by atoms with Gasteiger partial charge in [-0.3, -0.25) is 4.90 Å². The monoisotopic (exact) mass is 403 g/mol. The molecule has 0 unspecified atom stereocenters. The maximum atomic E-state index is 12.7. The molecule has 3 heterocycles. The smallest absolute Gasteiger partial charge is 0.416 e. The van der Waals surface area contributed by atoms with Crippen LogP contribution in [0.25, 0.3) is 11.4 Å². The Kier molecular flexibility index (Phi) is 5.22. The van der Waals surface area contributed by atoms with Gasteiger partial charge in [-0.2, -0.15) is 18.2 Å². The van der Waals surface area contributed by atoms with E-state index in [0.717, 1.165) is 23.7 Å². The molecule has 0 fully saturated rings. The van der Waals surface area contributed by atoms with Crippen LogP contribution < -0.4 is 0 Å². The van der Waals surface area contributed by atoms with E-state index in [9.17, 15) is 13.2 Å². The van der Waals surface area contributed by atoms with E-state index in [2.05, 4.69) is 10.1 Å². The number of benzene rings is 1. The van der Waals surface area contributed by atoms with E-state index >= 15 is 0 Å². The summed E-state index contributed by atoms with van der Waals surface area (Å²) in [7, 11) is 0. The predicted molar refractivity (Wildman–Crippen MR) is 95.1 cm³/mol. The van der Waals surface area contributed by atoms with Crippen LogP contribution in [0, 0.1) is 0 Å². The highest BCUT2D eigenvalue weighted by Gasteiger charge is 2.30. The average molecular weight is 403 g/mol. The number of hydrogen-bond donors (Lipinski definition) is 0. The van der Waals surface area contributed by atoms with Crippen LogP contribution in [0.4, 0.5) is 13.2 Å². The van der Waals surface area contributed by atoms with Crippen LogP contribution in [0.15, 0.2) is 74.4 Å². The van der Waals surface area contributed by atoms with Gasteiger partial charge in [-0.25, -0.2) is 0 Å². The van der Waals surface area contributed by atoms with Gasteiger partial charge in [-0.1, -0.05) is 17.3 Å². The first-order valence-electron chi connectivity index (χ1n) is 8.75. The quantitative estimate of drug-likeness (QED) is 0.425. The van der Waals surface area contributed by atoms with Crippen LogP contribution in [0.3, 0.4) is 0 Å². The van der Waals surface area contributed by atoms with Gasteiger partial charge in [-0.15, -0.1) is 0 Å². The minimum Gasteiger partial charge on any atom is -0.468 e. The van der Waals surface area contributed by atoms with Crippen LogP contribution in [0.5, 0.6) is 0 Å². The fourth-order valence-corrected chi connectivity index (χ4v) is 2.85. The molecule has 0 saturated carbocycles. The van der Waals surface area contributed by atoms with Crippen molar-refractivity contribution >= 4 is 0 Å². The Hall–Kier alpha value is -3.33. The molecule has 0 bridgehead atoms. The number of halogens is 3. The number of hydrogen-bond acceptors (Lipinski definition) is 6. The third kappa shape index (κ3) is 4.75. The molecule has 1 aromatic carbocycles. The maximum absolute atomic E-state index is 12.7. The number of furan rings is 2. The Balaban J connectivity index is 1.49. The minimum absolute atomic E-state index is 0.227. The van der Waals surface area contributed by atoms with E-state index in [4.69, 9.17) is 13.4 Å². The van der Waals surface area contributed by atoms with Crippen molar-refractivity contribution in [2.45, 2.75) is 25.8 Å². The summed E-state index contributed by atoms with van der Waals surface area (Å²) in [5.41, 5.74) is -0.287. The van der Waals surface area contributed by atoms with Crippen molar-refractivity contribution in [2.75, 3.05) is 0 Å². The van der Waals surface area contributed by atoms with E-state index < -0.39 is 11.7 Å². The number of aromatic nitrogens is 2. The molecule has 0 radical (unpaired) electrons. The van der Waals surface area contributed by atoms with E-state index in [1.54, 1.807) is 24.7 Å². The Morgan fingerprint density at radius 1 is 0.828 bits per heavy atom. The molecule has 0 saturated heterocycles. The van der Waals surface area contributed by atoms with Gasteiger partial charge in [0.2, 0.25) is 11.7 Å². The lowest BCUT2D eigenvalue weighted by Gasteiger charge is -2.17. The average Bonchev–Trinajstić information content (AvgIpc) is 3.44. The molecule has 150 valence electrons. The van der Waals surface area contributed by atoms with E-state index in [-0.39, 0.29) is 5.82 Å². The Bertz CT molecular complexity index is 987. The fraction of sp³-hybridized carbons (Fsp3) is 0.200. The van der Waals surface area contributed by atoms with Gasteiger partial charge in [0.25, 0.3) is 0 Å². The van der Waals surface area contributed by atoms with Crippen LogP contribution >= 0.6 is 0 Å². The zero-order valence-electron chi connectivity index (χ0n) is 15.1. The standard InChI is InChI=1S/C20H16F3N3O3/c21-20(22,23)15-7-5-14(6-8-15)19-24-18(29-25-19)13-26(11-16-3-1-9-27-16)12-17-4-2-10-28-17/h1-10H,11-13H2. The molecule has 0 atom stereocenters. The molecule has 9 heteroatoms. The number of alkyl halides is 3. The van der Waals surface area contributed by atoms with Gasteiger partial charge in [0.05, 0.1) is 37.7 Å². The molecule has 0 spiro atoms. The number of rotatable bonds is 7. The largest absolute Gasteiger partial charge is 0.468 e. The summed E-state index contributed by atoms with van der Waals surface area (Å²) in [6.07, 6.45) is -1.20. The lowest BCUT2D eigenvalue weighted by Crippen LogP contribution is -2.22. The van der Waals surface area contributed by atoms with E-state index in [1.165, 1.54) is 12.1 Å². The van der Waals surface area contributed by atoms with E-state index in [1.807, 2.05) is 17.0 Å². The molecule has 0 aliphatic carbocycles. The molecular formula is C20H16F3N3O3. The zero-order chi connectivity index (χ0) is 20.3. The summed E-state index contributed by atoms with van der Waals surface area (Å²) in [4.78, 5) is 6.30. The first kappa shape index (κ1) is 19.0. The van der Waals surface area contributed by atoms with Crippen molar-refractivity contribution in [1.29, 1.82) is 0 Å². The lowest BCUT2D eigenvalue weighted by atomic mass is 10.1. The van der Waals surface area contributed by atoms with Crippen molar-refractivity contribution in [3.05, 3.63) is 84.0 Å². The minimum atomic E-state index is -4.39. The summed E-state index contributed by atoms with van der Waals surface area (Å²) in [5.74, 6) is 2.08. The third-order valence-electron chi connectivity index (χ3n) is 4.22.